The molecule has 0 spiro atoms. The quantitative estimate of drug-likeness (QED) is 0.331. The Labute approximate surface area is 130 Å². The molecule has 106 valence electrons. The van der Waals surface area contributed by atoms with Gasteiger partial charge in [0.15, 0.2) is 5.69 Å². The largest absolute Gasteiger partial charge is 0.501 e. The summed E-state index contributed by atoms with van der Waals surface area (Å²) in [5.74, 6) is -0.474. The summed E-state index contributed by atoms with van der Waals surface area (Å²) < 4.78 is 11.8. The number of rotatable bonds is 5. The average Bonchev–Trinajstić information content (AvgIpc) is 2.88. The number of pyridine rings is 1. The maximum atomic E-state index is 11.8. The lowest BCUT2D eigenvalue weighted by molar-refractivity contribution is 0.0596. The number of methoxy groups -OCH3 is 1. The van der Waals surface area contributed by atoms with Crippen LogP contribution in [0.2, 0.25) is 0 Å². The predicted molar refractivity (Wildman–Crippen MR) is 87.3 cm³/mol. The Balaban J connectivity index is 2.57. The molecule has 0 radical (unpaired) electrons. The predicted octanol–water partition coefficient (Wildman–Crippen LogP) is 3.02. The van der Waals surface area contributed by atoms with Crippen molar-refractivity contribution in [2.24, 2.45) is 0 Å². The first-order valence-corrected chi connectivity index (χ1v) is 9.89. The Morgan fingerprint density at radius 1 is 1.60 bits per heavy atom. The van der Waals surface area contributed by atoms with Crippen molar-refractivity contribution in [3.63, 3.8) is 0 Å². The number of ether oxygens (including phenoxy) is 2. The van der Waals surface area contributed by atoms with E-state index >= 15 is 0 Å². The van der Waals surface area contributed by atoms with Crippen LogP contribution in [-0.4, -0.2) is 34.2 Å². The minimum atomic E-state index is -0.474. The summed E-state index contributed by atoms with van der Waals surface area (Å²) in [6, 6.07) is 1.87. The van der Waals surface area contributed by atoms with Gasteiger partial charge >= 0.3 is 5.97 Å². The molecule has 0 amide bonds. The second kappa shape index (κ2) is 6.99. The molecule has 2 rings (SSSR count). The van der Waals surface area contributed by atoms with E-state index in [4.69, 9.17) is 9.47 Å². The van der Waals surface area contributed by atoms with Crippen LogP contribution in [0.15, 0.2) is 18.5 Å². The number of hydrogen-bond donors (Lipinski definition) is 0. The van der Waals surface area contributed by atoms with E-state index in [9.17, 15) is 4.79 Å². The van der Waals surface area contributed by atoms with Gasteiger partial charge in [-0.15, -0.1) is 0 Å². The molecule has 20 heavy (non-hydrogen) atoms. The van der Waals surface area contributed by atoms with Crippen LogP contribution in [0.3, 0.4) is 0 Å². The van der Waals surface area contributed by atoms with Crippen LogP contribution < -0.4 is 0 Å². The molecule has 0 aliphatic carbocycles. The number of halogens is 1. The fourth-order valence-corrected chi connectivity index (χ4v) is 3.19. The third-order valence-corrected chi connectivity index (χ3v) is 4.43. The smallest absolute Gasteiger partial charge is 0.357 e. The lowest BCUT2D eigenvalue weighted by atomic mass is 10.2. The molecular weight excluding hydrogens is 392 g/mol. The molecule has 0 saturated heterocycles. The summed E-state index contributed by atoms with van der Waals surface area (Å²) in [6.07, 6.45) is 5.34. The number of carbonyl (C=O) groups excluding carboxylic acids is 1. The number of aromatic nitrogens is 3. The molecule has 2 aromatic heterocycles. The zero-order valence-electron chi connectivity index (χ0n) is 11.0. The Hall–Kier alpha value is -1.21. The van der Waals surface area contributed by atoms with Crippen molar-refractivity contribution in [2.75, 3.05) is 13.7 Å². The molecule has 2 aromatic rings. The van der Waals surface area contributed by atoms with Crippen molar-refractivity contribution >= 4 is 51.4 Å². The fraction of sp³-hybridized carbons (Fsp3) is 0.250. The Morgan fingerprint density at radius 2 is 2.40 bits per heavy atom. The number of esters is 1. The number of nitrogens with zero attached hydrogens (tertiary/aromatic N) is 3. The lowest BCUT2D eigenvalue weighted by Crippen LogP contribution is -2.06. The first-order chi connectivity index (χ1) is 9.71. The number of carbonyl (C=O) groups is 1. The van der Waals surface area contributed by atoms with Crippen LogP contribution in [0.25, 0.3) is 17.0 Å². The van der Waals surface area contributed by atoms with E-state index in [1.807, 2.05) is 17.4 Å². The maximum Gasteiger partial charge on any atom is 0.357 e. The minimum absolute atomic E-state index is 0.266. The van der Waals surface area contributed by atoms with Crippen molar-refractivity contribution in [1.82, 2.24) is 14.5 Å². The van der Waals surface area contributed by atoms with Gasteiger partial charge < -0.3 is 9.47 Å². The van der Waals surface area contributed by atoms with Gasteiger partial charge in [0.25, 0.3) is 0 Å². The molecule has 0 aliphatic heterocycles. The van der Waals surface area contributed by atoms with Crippen molar-refractivity contribution in [3.8, 4) is 0 Å². The third kappa shape index (κ3) is 3.09. The van der Waals surface area contributed by atoms with Gasteiger partial charge in [0.05, 0.1) is 49.1 Å². The van der Waals surface area contributed by atoms with Gasteiger partial charge in [-0.1, -0.05) is 0 Å². The van der Waals surface area contributed by atoms with Gasteiger partial charge in [-0.2, -0.15) is 5.10 Å². The SMILES string of the molecule is CCO/C=C/c1cc2c(cnn2PI)c(C(=O)OC)n1. The summed E-state index contributed by atoms with van der Waals surface area (Å²) >= 11 is 2.23. The molecule has 0 aromatic carbocycles. The summed E-state index contributed by atoms with van der Waals surface area (Å²) in [7, 11) is 1.34. The molecule has 0 fully saturated rings. The second-order valence-corrected chi connectivity index (χ2v) is 5.76. The molecule has 0 N–H and O–H groups in total. The van der Waals surface area contributed by atoms with Crippen LogP contribution in [0.4, 0.5) is 0 Å². The monoisotopic (exact) mass is 405 g/mol. The zero-order chi connectivity index (χ0) is 14.5. The van der Waals surface area contributed by atoms with Gasteiger partial charge in [0.2, 0.25) is 0 Å². The Kier molecular flexibility index (Phi) is 5.31. The van der Waals surface area contributed by atoms with E-state index < -0.39 is 5.97 Å². The summed E-state index contributed by atoms with van der Waals surface area (Å²) in [4.78, 5) is 16.1. The van der Waals surface area contributed by atoms with E-state index in [0.29, 0.717) is 24.1 Å². The van der Waals surface area contributed by atoms with Crippen molar-refractivity contribution in [3.05, 3.63) is 29.9 Å². The van der Waals surface area contributed by atoms with E-state index in [2.05, 4.69) is 32.1 Å². The van der Waals surface area contributed by atoms with Crippen molar-refractivity contribution in [1.29, 1.82) is 0 Å². The van der Waals surface area contributed by atoms with Crippen LogP contribution in [0.1, 0.15) is 23.1 Å². The highest BCUT2D eigenvalue weighted by molar-refractivity contribution is 14.2. The summed E-state index contributed by atoms with van der Waals surface area (Å²) in [5.41, 5.74) is 1.74. The number of fused-ring (bicyclic) bond motifs is 1. The molecule has 6 nitrogen and oxygen atoms in total. The molecule has 1 atom stereocenters. The molecular formula is C12H13IN3O3P. The maximum absolute atomic E-state index is 11.8. The average molecular weight is 405 g/mol. The standard InChI is InChI=1S/C12H13IN3O3P/c1-3-19-5-4-8-6-10-9(7-14-16(10)20-13)11(15-8)12(17)18-2/h4-7,20H,3H2,1-2H3/b5-4+. The van der Waals surface area contributed by atoms with Gasteiger partial charge in [0.1, 0.15) is 0 Å². The van der Waals surface area contributed by atoms with Gasteiger partial charge in [-0.05, 0) is 41.1 Å². The van der Waals surface area contributed by atoms with Crippen LogP contribution in [0, 0.1) is 0 Å². The normalized spacial score (nSPS) is 11.8. The highest BCUT2D eigenvalue weighted by Crippen LogP contribution is 2.30. The highest BCUT2D eigenvalue weighted by atomic mass is 127. The topological polar surface area (TPSA) is 66.2 Å². The first-order valence-electron chi connectivity index (χ1n) is 5.83. The van der Waals surface area contributed by atoms with E-state index in [0.717, 1.165) is 5.52 Å². The summed E-state index contributed by atoms with van der Waals surface area (Å²) in [6.45, 7) is 2.47. The van der Waals surface area contributed by atoms with Crippen LogP contribution in [-0.2, 0) is 9.47 Å². The van der Waals surface area contributed by atoms with Crippen LogP contribution >= 0.6 is 28.4 Å². The summed E-state index contributed by atoms with van der Waals surface area (Å²) in [5, 5.41) is 4.94. The second-order valence-electron chi connectivity index (χ2n) is 3.72. The van der Waals surface area contributed by atoms with Crippen molar-refractivity contribution in [2.45, 2.75) is 6.92 Å². The zero-order valence-corrected chi connectivity index (χ0v) is 14.1. The van der Waals surface area contributed by atoms with E-state index in [1.165, 1.54) is 7.11 Å². The fourth-order valence-electron chi connectivity index (χ4n) is 1.66. The lowest BCUT2D eigenvalue weighted by Gasteiger charge is -2.04. The van der Waals surface area contributed by atoms with Crippen LogP contribution in [0.5, 0.6) is 0 Å². The van der Waals surface area contributed by atoms with Gasteiger partial charge in [-0.25, -0.2) is 14.2 Å². The molecule has 0 aliphatic rings. The molecule has 8 heteroatoms. The number of hydrogen-bond acceptors (Lipinski definition) is 5. The molecule has 0 saturated carbocycles. The van der Waals surface area contributed by atoms with E-state index in [1.54, 1.807) is 18.5 Å². The third-order valence-electron chi connectivity index (χ3n) is 2.55. The highest BCUT2D eigenvalue weighted by Gasteiger charge is 2.16. The van der Waals surface area contributed by atoms with E-state index in [-0.39, 0.29) is 5.69 Å². The van der Waals surface area contributed by atoms with Gasteiger partial charge in [-0.3, -0.25) is 0 Å². The molecule has 1 unspecified atom stereocenters. The Bertz CT molecular complexity index is 657. The van der Waals surface area contributed by atoms with Gasteiger partial charge in [0, 0.05) is 0 Å². The van der Waals surface area contributed by atoms with Crippen molar-refractivity contribution < 1.29 is 14.3 Å². The molecule has 0 bridgehead atoms. The Morgan fingerprint density at radius 3 is 3.05 bits per heavy atom. The minimum Gasteiger partial charge on any atom is -0.501 e. The first kappa shape index (κ1) is 15.2. The molecule has 2 heterocycles.